The van der Waals surface area contributed by atoms with Gasteiger partial charge in [0.05, 0.1) is 5.69 Å². The molecule has 0 radical (unpaired) electrons. The highest BCUT2D eigenvalue weighted by Crippen LogP contribution is 2.33. The van der Waals surface area contributed by atoms with Gasteiger partial charge in [-0.2, -0.15) is 0 Å². The van der Waals surface area contributed by atoms with Crippen molar-refractivity contribution in [1.82, 2.24) is 0 Å². The molecule has 1 aliphatic rings. The van der Waals surface area contributed by atoms with Gasteiger partial charge in [-0.1, -0.05) is 6.07 Å². The Balaban J connectivity index is 2.49. The fourth-order valence-electron chi connectivity index (χ4n) is 1.31. The molecule has 2 rings (SSSR count). The molecule has 3 heteroatoms. The minimum atomic E-state index is 0.747. The first-order chi connectivity index (χ1) is 6.25. The lowest BCUT2D eigenvalue weighted by Gasteiger charge is -2.02. The number of rotatable bonds is 0. The summed E-state index contributed by atoms with van der Waals surface area (Å²) in [6.45, 7) is 2.07. The number of fused-ring (bicyclic) bond motifs is 1. The molecule has 1 aliphatic heterocycles. The van der Waals surface area contributed by atoms with Crippen molar-refractivity contribution in [3.8, 4) is 0 Å². The van der Waals surface area contributed by atoms with Crippen molar-refractivity contribution in [3.63, 3.8) is 0 Å². The van der Waals surface area contributed by atoms with Crippen LogP contribution in [0.25, 0.3) is 0 Å². The molecule has 0 atom stereocenters. The zero-order valence-corrected chi connectivity index (χ0v) is 8.40. The monoisotopic (exact) mass is 192 g/mol. The maximum Gasteiger partial charge on any atom is 0.100 e. The Morgan fingerprint density at radius 3 is 3.15 bits per heavy atom. The Morgan fingerprint density at radius 2 is 2.31 bits per heavy atom. The van der Waals surface area contributed by atoms with E-state index in [2.05, 4.69) is 30.1 Å². The average Bonchev–Trinajstić information content (AvgIpc) is 2.25. The van der Waals surface area contributed by atoms with E-state index in [4.69, 9.17) is 5.73 Å². The Bertz CT molecular complexity index is 358. The van der Waals surface area contributed by atoms with E-state index in [1.807, 2.05) is 11.8 Å². The zero-order chi connectivity index (χ0) is 9.26. The summed E-state index contributed by atoms with van der Waals surface area (Å²) in [7, 11) is 0. The highest BCUT2D eigenvalue weighted by Gasteiger charge is 2.07. The molecule has 0 aromatic heterocycles. The van der Waals surface area contributed by atoms with E-state index in [0.29, 0.717) is 0 Å². The van der Waals surface area contributed by atoms with Crippen LogP contribution in [-0.2, 0) is 0 Å². The Hall–Kier alpha value is -0.960. The van der Waals surface area contributed by atoms with Crippen LogP contribution in [0.1, 0.15) is 12.0 Å². The summed E-state index contributed by atoms with van der Waals surface area (Å²) in [5, 5.41) is 0. The minimum Gasteiger partial charge on any atom is -0.387 e. The number of thioether (sulfide) groups is 1. The molecule has 1 aromatic carbocycles. The van der Waals surface area contributed by atoms with Crippen molar-refractivity contribution >= 4 is 23.3 Å². The third-order valence-corrected chi connectivity index (χ3v) is 3.06. The van der Waals surface area contributed by atoms with E-state index in [1.54, 1.807) is 0 Å². The Morgan fingerprint density at radius 1 is 1.46 bits per heavy atom. The Labute approximate surface area is 82.2 Å². The first-order valence-electron chi connectivity index (χ1n) is 4.32. The van der Waals surface area contributed by atoms with E-state index in [9.17, 15) is 0 Å². The average molecular weight is 192 g/mol. The van der Waals surface area contributed by atoms with Gasteiger partial charge in [0.1, 0.15) is 5.84 Å². The second-order valence-electron chi connectivity index (χ2n) is 3.17. The van der Waals surface area contributed by atoms with Crippen LogP contribution in [0.3, 0.4) is 0 Å². The molecule has 2 N–H and O–H groups in total. The van der Waals surface area contributed by atoms with Crippen molar-refractivity contribution < 1.29 is 0 Å². The number of aliphatic imine (C=N–C) groups is 1. The maximum absolute atomic E-state index is 5.74. The lowest BCUT2D eigenvalue weighted by atomic mass is 10.2. The molecule has 0 saturated carbocycles. The van der Waals surface area contributed by atoms with Gasteiger partial charge in [-0.05, 0) is 24.6 Å². The first kappa shape index (κ1) is 8.63. The van der Waals surface area contributed by atoms with E-state index in [-0.39, 0.29) is 0 Å². The third-order valence-electron chi connectivity index (χ3n) is 1.99. The second kappa shape index (κ2) is 3.42. The summed E-state index contributed by atoms with van der Waals surface area (Å²) in [5.74, 6) is 1.78. The van der Waals surface area contributed by atoms with Crippen molar-refractivity contribution in [2.75, 3.05) is 5.75 Å². The molecule has 1 heterocycles. The largest absolute Gasteiger partial charge is 0.387 e. The number of nitrogens with zero attached hydrogens (tertiary/aromatic N) is 1. The third kappa shape index (κ3) is 1.86. The zero-order valence-electron chi connectivity index (χ0n) is 7.58. The van der Waals surface area contributed by atoms with Crippen LogP contribution in [0.4, 0.5) is 5.69 Å². The fourth-order valence-corrected chi connectivity index (χ4v) is 2.26. The number of hydrogen-bond acceptors (Lipinski definition) is 3. The molecule has 0 saturated heterocycles. The molecule has 13 heavy (non-hydrogen) atoms. The van der Waals surface area contributed by atoms with E-state index >= 15 is 0 Å². The number of benzene rings is 1. The van der Waals surface area contributed by atoms with Crippen molar-refractivity contribution in [3.05, 3.63) is 23.8 Å². The van der Waals surface area contributed by atoms with Gasteiger partial charge in [-0.3, -0.25) is 0 Å². The van der Waals surface area contributed by atoms with Gasteiger partial charge in [-0.15, -0.1) is 11.8 Å². The number of hydrogen-bond donors (Lipinski definition) is 1. The van der Waals surface area contributed by atoms with Crippen molar-refractivity contribution in [2.24, 2.45) is 10.7 Å². The van der Waals surface area contributed by atoms with Crippen LogP contribution < -0.4 is 5.73 Å². The summed E-state index contributed by atoms with van der Waals surface area (Å²) < 4.78 is 0. The van der Waals surface area contributed by atoms with Crippen LogP contribution in [-0.4, -0.2) is 11.6 Å². The molecule has 0 aliphatic carbocycles. The molecule has 2 nitrogen and oxygen atoms in total. The van der Waals surface area contributed by atoms with Gasteiger partial charge < -0.3 is 5.73 Å². The quantitative estimate of drug-likeness (QED) is 0.685. The fraction of sp³-hybridized carbons (Fsp3) is 0.300. The first-order valence-corrected chi connectivity index (χ1v) is 5.31. The van der Waals surface area contributed by atoms with Crippen molar-refractivity contribution in [2.45, 2.75) is 18.2 Å². The molecular formula is C10H12N2S. The number of amidine groups is 1. The van der Waals surface area contributed by atoms with Crippen LogP contribution >= 0.6 is 11.8 Å². The predicted molar refractivity (Wildman–Crippen MR) is 57.8 cm³/mol. The normalized spacial score (nSPS) is 15.9. The highest BCUT2D eigenvalue weighted by molar-refractivity contribution is 7.99. The highest BCUT2D eigenvalue weighted by atomic mass is 32.2. The summed E-state index contributed by atoms with van der Waals surface area (Å²) in [6.07, 6.45) is 0.887. The van der Waals surface area contributed by atoms with Gasteiger partial charge in [0.15, 0.2) is 0 Å². The summed E-state index contributed by atoms with van der Waals surface area (Å²) >= 11 is 1.83. The van der Waals surface area contributed by atoms with E-state index < -0.39 is 0 Å². The van der Waals surface area contributed by atoms with E-state index in [0.717, 1.165) is 23.7 Å². The molecule has 0 bridgehead atoms. The summed E-state index contributed by atoms with van der Waals surface area (Å²) in [4.78, 5) is 5.62. The topological polar surface area (TPSA) is 38.4 Å². The van der Waals surface area contributed by atoms with Crippen LogP contribution in [0.5, 0.6) is 0 Å². The van der Waals surface area contributed by atoms with Crippen LogP contribution in [0, 0.1) is 6.92 Å². The molecule has 0 spiro atoms. The second-order valence-corrected chi connectivity index (χ2v) is 4.31. The predicted octanol–water partition coefficient (Wildman–Crippen LogP) is 2.48. The molecule has 0 amide bonds. The van der Waals surface area contributed by atoms with Gasteiger partial charge >= 0.3 is 0 Å². The van der Waals surface area contributed by atoms with Gasteiger partial charge in [0.25, 0.3) is 0 Å². The lowest BCUT2D eigenvalue weighted by molar-refractivity contribution is 1.26. The summed E-state index contributed by atoms with van der Waals surface area (Å²) in [6, 6.07) is 6.32. The number of aryl methyl sites for hydroxylation is 1. The minimum absolute atomic E-state index is 0.747. The number of nitrogens with two attached hydrogens (primary N) is 1. The molecule has 1 aromatic rings. The Kier molecular flexibility index (Phi) is 2.27. The van der Waals surface area contributed by atoms with Crippen LogP contribution in [0.15, 0.2) is 28.1 Å². The van der Waals surface area contributed by atoms with Crippen LogP contribution in [0.2, 0.25) is 0 Å². The smallest absolute Gasteiger partial charge is 0.100 e. The van der Waals surface area contributed by atoms with Gasteiger partial charge in [-0.25, -0.2) is 4.99 Å². The van der Waals surface area contributed by atoms with Crippen molar-refractivity contribution in [1.29, 1.82) is 0 Å². The lowest BCUT2D eigenvalue weighted by Crippen LogP contribution is -2.10. The molecule has 0 unspecified atom stereocenters. The van der Waals surface area contributed by atoms with Gasteiger partial charge in [0, 0.05) is 17.1 Å². The molecule has 68 valence electrons. The van der Waals surface area contributed by atoms with E-state index in [1.165, 1.54) is 10.5 Å². The van der Waals surface area contributed by atoms with Gasteiger partial charge in [0.2, 0.25) is 0 Å². The molecular weight excluding hydrogens is 180 g/mol. The summed E-state index contributed by atoms with van der Waals surface area (Å²) in [5.41, 5.74) is 8.00. The molecule has 0 fully saturated rings. The SMILES string of the molecule is Cc1ccc2c(c1)N=C(N)CCS2. The maximum atomic E-state index is 5.74. The standard InChI is InChI=1S/C10H12N2S/c1-7-2-3-9-8(6-7)12-10(11)4-5-13-9/h2-3,6H,4-5H2,1H3,(H2,11,12).